The maximum atomic E-state index is 12.7. The Hall–Kier alpha value is -1.36. The summed E-state index contributed by atoms with van der Waals surface area (Å²) in [5.74, 6) is 0.395. The second-order valence-corrected chi connectivity index (χ2v) is 7.13. The van der Waals surface area contributed by atoms with E-state index < -0.39 is 5.60 Å². The summed E-state index contributed by atoms with van der Waals surface area (Å²) < 4.78 is 1.76. The Morgan fingerprint density at radius 2 is 2.23 bits per heavy atom. The minimum atomic E-state index is -0.627. The van der Waals surface area contributed by atoms with Gasteiger partial charge in [-0.05, 0) is 38.7 Å². The molecule has 3 atom stereocenters. The van der Waals surface area contributed by atoms with Crippen LogP contribution in [0.15, 0.2) is 12.3 Å². The highest BCUT2D eigenvalue weighted by molar-refractivity contribution is 5.79. The summed E-state index contributed by atoms with van der Waals surface area (Å²) in [5, 5.41) is 14.9. The second kappa shape index (κ2) is 6.03. The van der Waals surface area contributed by atoms with Crippen LogP contribution in [0, 0.1) is 5.92 Å². The number of rotatable bonds is 3. The number of likely N-dealkylation sites (tertiary alicyclic amines) is 1. The first kappa shape index (κ1) is 15.5. The molecule has 0 unspecified atom stereocenters. The molecular formula is C17H27N3O2. The van der Waals surface area contributed by atoms with Gasteiger partial charge in [-0.2, -0.15) is 5.10 Å². The molecule has 2 aliphatic rings. The van der Waals surface area contributed by atoms with Gasteiger partial charge in [0.2, 0.25) is 5.91 Å². The molecule has 1 saturated heterocycles. The van der Waals surface area contributed by atoms with Crippen LogP contribution >= 0.6 is 0 Å². The lowest BCUT2D eigenvalue weighted by atomic mass is 9.72. The van der Waals surface area contributed by atoms with E-state index in [0.29, 0.717) is 6.42 Å². The number of carbonyl (C=O) groups excluding carboxylic acids is 1. The van der Waals surface area contributed by atoms with Gasteiger partial charge in [-0.15, -0.1) is 0 Å². The van der Waals surface area contributed by atoms with Gasteiger partial charge in [0.1, 0.15) is 0 Å². The predicted molar refractivity (Wildman–Crippen MR) is 84.2 cm³/mol. The zero-order valence-electron chi connectivity index (χ0n) is 13.7. The largest absolute Gasteiger partial charge is 0.390 e. The van der Waals surface area contributed by atoms with Crippen LogP contribution in [0.1, 0.15) is 51.1 Å². The molecule has 5 nitrogen and oxygen atoms in total. The molecule has 0 bridgehead atoms. The molecule has 1 aliphatic heterocycles. The Morgan fingerprint density at radius 3 is 2.91 bits per heavy atom. The van der Waals surface area contributed by atoms with Crippen molar-refractivity contribution >= 4 is 5.91 Å². The van der Waals surface area contributed by atoms with Gasteiger partial charge in [-0.3, -0.25) is 9.48 Å². The Kier molecular flexibility index (Phi) is 4.26. The van der Waals surface area contributed by atoms with E-state index in [9.17, 15) is 9.90 Å². The third-order valence-corrected chi connectivity index (χ3v) is 5.59. The van der Waals surface area contributed by atoms with Crippen molar-refractivity contribution in [2.75, 3.05) is 6.54 Å². The van der Waals surface area contributed by atoms with Gasteiger partial charge < -0.3 is 10.0 Å². The number of carbonyl (C=O) groups is 1. The summed E-state index contributed by atoms with van der Waals surface area (Å²) in [6.45, 7) is 2.78. The first-order chi connectivity index (χ1) is 10.5. The van der Waals surface area contributed by atoms with Gasteiger partial charge in [-0.25, -0.2) is 0 Å². The molecule has 0 aromatic carbocycles. The maximum absolute atomic E-state index is 12.7. The summed E-state index contributed by atoms with van der Waals surface area (Å²) >= 11 is 0. The van der Waals surface area contributed by atoms with E-state index in [1.165, 1.54) is 6.42 Å². The maximum Gasteiger partial charge on any atom is 0.228 e. The monoisotopic (exact) mass is 305 g/mol. The van der Waals surface area contributed by atoms with E-state index in [0.717, 1.165) is 44.3 Å². The van der Waals surface area contributed by atoms with Crippen LogP contribution in [0.25, 0.3) is 0 Å². The molecule has 1 saturated carbocycles. The van der Waals surface area contributed by atoms with E-state index in [-0.39, 0.29) is 17.9 Å². The molecule has 1 aromatic rings. The molecule has 1 N–H and O–H groups in total. The van der Waals surface area contributed by atoms with Gasteiger partial charge in [0, 0.05) is 37.4 Å². The molecule has 1 amide bonds. The van der Waals surface area contributed by atoms with Gasteiger partial charge in [-0.1, -0.05) is 12.8 Å². The quantitative estimate of drug-likeness (QED) is 0.928. The summed E-state index contributed by atoms with van der Waals surface area (Å²) in [7, 11) is 1.87. The summed E-state index contributed by atoms with van der Waals surface area (Å²) in [6.07, 6.45) is 8.37. The fourth-order valence-electron chi connectivity index (χ4n) is 4.30. The van der Waals surface area contributed by atoms with Crippen LogP contribution in [-0.4, -0.2) is 43.9 Å². The Morgan fingerprint density at radius 1 is 1.41 bits per heavy atom. The van der Waals surface area contributed by atoms with E-state index >= 15 is 0 Å². The normalized spacial score (nSPS) is 32.4. The highest BCUT2D eigenvalue weighted by atomic mass is 16.3. The summed E-state index contributed by atoms with van der Waals surface area (Å²) in [4.78, 5) is 14.8. The standard InChI is InChI=1S/C17H27N3O2/c1-17(22)9-4-3-6-14(17)15-7-5-11-20(15)16(21)12-13-8-10-18-19(13)2/h8,10,14-15,22H,3-7,9,11-12H2,1-2H3/t14-,15+,17-/m0/s1. The third-order valence-electron chi connectivity index (χ3n) is 5.59. The Balaban J connectivity index is 1.72. The second-order valence-electron chi connectivity index (χ2n) is 7.13. The number of aromatic nitrogens is 2. The minimum Gasteiger partial charge on any atom is -0.390 e. The van der Waals surface area contributed by atoms with Crippen molar-refractivity contribution in [1.29, 1.82) is 0 Å². The van der Waals surface area contributed by atoms with Crippen molar-refractivity contribution in [1.82, 2.24) is 14.7 Å². The average Bonchev–Trinajstić information content (AvgIpc) is 3.08. The molecular weight excluding hydrogens is 278 g/mol. The van der Waals surface area contributed by atoms with Crippen molar-refractivity contribution in [3.8, 4) is 0 Å². The molecule has 122 valence electrons. The van der Waals surface area contributed by atoms with Crippen molar-refractivity contribution in [2.24, 2.45) is 13.0 Å². The average molecular weight is 305 g/mol. The summed E-state index contributed by atoms with van der Waals surface area (Å²) in [6, 6.07) is 2.11. The highest BCUT2D eigenvalue weighted by Crippen LogP contribution is 2.40. The number of nitrogens with zero attached hydrogens (tertiary/aromatic N) is 3. The molecule has 2 heterocycles. The number of hydrogen-bond donors (Lipinski definition) is 1. The van der Waals surface area contributed by atoms with Crippen LogP contribution in [0.5, 0.6) is 0 Å². The van der Waals surface area contributed by atoms with Crippen molar-refractivity contribution in [3.63, 3.8) is 0 Å². The van der Waals surface area contributed by atoms with Crippen LogP contribution < -0.4 is 0 Å². The number of aliphatic hydroxyl groups is 1. The topological polar surface area (TPSA) is 58.4 Å². The minimum absolute atomic E-state index is 0.174. The lowest BCUT2D eigenvalue weighted by molar-refractivity contribution is -0.136. The number of hydrogen-bond acceptors (Lipinski definition) is 3. The molecule has 3 rings (SSSR count). The molecule has 2 fully saturated rings. The first-order valence-electron chi connectivity index (χ1n) is 8.48. The van der Waals surface area contributed by atoms with Crippen LogP contribution in [0.3, 0.4) is 0 Å². The van der Waals surface area contributed by atoms with Crippen molar-refractivity contribution in [2.45, 2.75) is 63.5 Å². The van der Waals surface area contributed by atoms with Gasteiger partial charge >= 0.3 is 0 Å². The Labute approximate surface area is 132 Å². The molecule has 1 aliphatic carbocycles. The predicted octanol–water partition coefficient (Wildman–Crippen LogP) is 1.89. The highest BCUT2D eigenvalue weighted by Gasteiger charge is 2.44. The van der Waals surface area contributed by atoms with Crippen LogP contribution in [-0.2, 0) is 18.3 Å². The van der Waals surface area contributed by atoms with E-state index in [1.54, 1.807) is 10.9 Å². The first-order valence-corrected chi connectivity index (χ1v) is 8.48. The lowest BCUT2D eigenvalue weighted by Crippen LogP contribution is -2.50. The zero-order chi connectivity index (χ0) is 15.7. The van der Waals surface area contributed by atoms with Crippen molar-refractivity contribution in [3.05, 3.63) is 18.0 Å². The fraction of sp³-hybridized carbons (Fsp3) is 0.765. The molecule has 22 heavy (non-hydrogen) atoms. The van der Waals surface area contributed by atoms with Gasteiger partial charge in [0.25, 0.3) is 0 Å². The van der Waals surface area contributed by atoms with Crippen LogP contribution in [0.2, 0.25) is 0 Å². The Bertz CT molecular complexity index is 538. The molecule has 0 radical (unpaired) electrons. The van der Waals surface area contributed by atoms with Gasteiger partial charge in [0.15, 0.2) is 0 Å². The van der Waals surface area contributed by atoms with Crippen LogP contribution in [0.4, 0.5) is 0 Å². The van der Waals surface area contributed by atoms with Crippen molar-refractivity contribution < 1.29 is 9.90 Å². The molecule has 1 aromatic heterocycles. The third kappa shape index (κ3) is 2.91. The molecule has 5 heteroatoms. The zero-order valence-corrected chi connectivity index (χ0v) is 13.7. The van der Waals surface area contributed by atoms with E-state index in [1.807, 2.05) is 24.9 Å². The number of aryl methyl sites for hydroxylation is 1. The van der Waals surface area contributed by atoms with E-state index in [4.69, 9.17) is 0 Å². The summed E-state index contributed by atoms with van der Waals surface area (Å²) in [5.41, 5.74) is 0.323. The van der Waals surface area contributed by atoms with Gasteiger partial charge in [0.05, 0.1) is 12.0 Å². The smallest absolute Gasteiger partial charge is 0.228 e. The lowest BCUT2D eigenvalue weighted by Gasteiger charge is -2.43. The molecule has 0 spiro atoms. The number of amides is 1. The SMILES string of the molecule is Cn1nccc1CC(=O)N1CCC[C@@H]1[C@@H]1CCCC[C@]1(C)O. The van der Waals surface area contributed by atoms with E-state index in [2.05, 4.69) is 5.10 Å². The fourth-order valence-corrected chi connectivity index (χ4v) is 4.30.